The van der Waals surface area contributed by atoms with Crippen molar-refractivity contribution in [3.8, 4) is 0 Å². The van der Waals surface area contributed by atoms with Crippen LogP contribution in [0.25, 0.3) is 0 Å². The van der Waals surface area contributed by atoms with Crippen LogP contribution >= 0.6 is 12.2 Å². The van der Waals surface area contributed by atoms with Crippen molar-refractivity contribution in [2.24, 2.45) is 11.8 Å². The molecule has 39 heavy (non-hydrogen) atoms. The Morgan fingerprint density at radius 2 is 0.821 bits per heavy atom. The second-order valence-corrected chi connectivity index (χ2v) is 14.0. The summed E-state index contributed by atoms with van der Waals surface area (Å²) in [7, 11) is 0. The normalized spacial score (nSPS) is 12.3. The van der Waals surface area contributed by atoms with Gasteiger partial charge in [0.15, 0.2) is 0 Å². The topological polar surface area (TPSA) is 0 Å². The van der Waals surface area contributed by atoms with Crippen molar-refractivity contribution in [2.45, 2.75) is 214 Å². The van der Waals surface area contributed by atoms with E-state index in [0.29, 0.717) is 0 Å². The highest BCUT2D eigenvalue weighted by atomic mass is 32.1. The largest absolute Gasteiger partial charge is 0.100 e. The molecular formula is C38H74S. The maximum atomic E-state index is 5.70. The number of allylic oxidation sites excluding steroid dienone is 1. The second-order valence-electron chi connectivity index (χ2n) is 13.4. The molecule has 0 radical (unpaired) electrons. The lowest BCUT2D eigenvalue weighted by Gasteiger charge is -2.16. The summed E-state index contributed by atoms with van der Waals surface area (Å²) in [6, 6.07) is 0. The summed E-state index contributed by atoms with van der Waals surface area (Å²) >= 11 is 5.70. The first kappa shape index (κ1) is 38.8. The van der Waals surface area contributed by atoms with E-state index in [9.17, 15) is 0 Å². The highest BCUT2D eigenvalue weighted by molar-refractivity contribution is 7.80. The van der Waals surface area contributed by atoms with Gasteiger partial charge in [0.25, 0.3) is 0 Å². The molecule has 0 aromatic heterocycles. The summed E-state index contributed by atoms with van der Waals surface area (Å²) in [5.41, 5.74) is 1.35. The molecule has 0 aromatic carbocycles. The zero-order chi connectivity index (χ0) is 28.8. The molecule has 0 rings (SSSR count). The van der Waals surface area contributed by atoms with E-state index in [4.69, 9.17) is 12.2 Å². The zero-order valence-corrected chi connectivity index (χ0v) is 28.6. The fourth-order valence-corrected chi connectivity index (χ4v) is 6.41. The molecule has 0 aliphatic carbocycles. The second kappa shape index (κ2) is 30.8. The van der Waals surface area contributed by atoms with Crippen molar-refractivity contribution >= 4 is 17.1 Å². The minimum Gasteiger partial charge on any atom is -0.100 e. The SMILES string of the molecule is C=C(C)CCCCCCCCCC(C)CCCCCCCCCC(=S)CCCCCC(CCCC)CCCC. The summed E-state index contributed by atoms with van der Waals surface area (Å²) in [6.45, 7) is 13.3. The number of thiocarbonyl (C=S) groups is 1. The standard InChI is InChI=1S/C38H74S/c1-6-8-30-37(31-9-7-2)32-24-20-26-34-38(39)33-25-19-15-11-14-18-23-29-36(5)28-22-17-13-10-12-16-21-27-35(3)4/h36-37H,3,6-34H2,1-2,4-5H3. The molecule has 232 valence electrons. The molecule has 1 unspecified atom stereocenters. The van der Waals surface area contributed by atoms with Gasteiger partial charge in [0.05, 0.1) is 0 Å². The van der Waals surface area contributed by atoms with Gasteiger partial charge in [-0.25, -0.2) is 0 Å². The molecule has 1 atom stereocenters. The number of rotatable bonds is 32. The van der Waals surface area contributed by atoms with E-state index in [1.165, 1.54) is 197 Å². The Morgan fingerprint density at radius 3 is 1.26 bits per heavy atom. The van der Waals surface area contributed by atoms with Crippen LogP contribution < -0.4 is 0 Å². The van der Waals surface area contributed by atoms with E-state index in [1.54, 1.807) is 0 Å². The van der Waals surface area contributed by atoms with E-state index in [-0.39, 0.29) is 0 Å². The smallest absolute Gasteiger partial charge is 0.00715 e. The van der Waals surface area contributed by atoms with E-state index in [1.807, 2.05) is 0 Å². The fourth-order valence-electron chi connectivity index (χ4n) is 6.12. The molecular weight excluding hydrogens is 488 g/mol. The summed E-state index contributed by atoms with van der Waals surface area (Å²) < 4.78 is 0. The summed E-state index contributed by atoms with van der Waals surface area (Å²) in [5, 5.41) is 0. The lowest BCUT2D eigenvalue weighted by atomic mass is 9.90. The Morgan fingerprint density at radius 1 is 0.487 bits per heavy atom. The van der Waals surface area contributed by atoms with Gasteiger partial charge in [-0.2, -0.15) is 0 Å². The van der Waals surface area contributed by atoms with Crippen LogP contribution in [0.3, 0.4) is 0 Å². The maximum absolute atomic E-state index is 5.70. The highest BCUT2D eigenvalue weighted by Gasteiger charge is 2.08. The first-order chi connectivity index (χ1) is 19.0. The molecule has 0 N–H and O–H groups in total. The third-order valence-electron chi connectivity index (χ3n) is 8.95. The summed E-state index contributed by atoms with van der Waals surface area (Å²) in [6.07, 6.45) is 40.5. The molecule has 0 heterocycles. The van der Waals surface area contributed by atoms with Gasteiger partial charge < -0.3 is 0 Å². The number of hydrogen-bond donors (Lipinski definition) is 0. The van der Waals surface area contributed by atoms with Crippen molar-refractivity contribution in [1.82, 2.24) is 0 Å². The Labute approximate surface area is 254 Å². The van der Waals surface area contributed by atoms with E-state index < -0.39 is 0 Å². The van der Waals surface area contributed by atoms with E-state index in [0.717, 1.165) is 11.8 Å². The van der Waals surface area contributed by atoms with Crippen LogP contribution in [0.5, 0.6) is 0 Å². The molecule has 0 aliphatic rings. The first-order valence-electron chi connectivity index (χ1n) is 18.2. The molecule has 1 heteroatoms. The van der Waals surface area contributed by atoms with Gasteiger partial charge in [0, 0.05) is 0 Å². The van der Waals surface area contributed by atoms with Crippen molar-refractivity contribution in [3.05, 3.63) is 12.2 Å². The Balaban J connectivity index is 3.42. The van der Waals surface area contributed by atoms with Gasteiger partial charge in [-0.05, 0) is 62.1 Å². The van der Waals surface area contributed by atoms with Crippen molar-refractivity contribution in [1.29, 1.82) is 0 Å². The van der Waals surface area contributed by atoms with Crippen LogP contribution in [0.1, 0.15) is 214 Å². The van der Waals surface area contributed by atoms with Gasteiger partial charge in [0.2, 0.25) is 0 Å². The van der Waals surface area contributed by atoms with Crippen molar-refractivity contribution in [3.63, 3.8) is 0 Å². The van der Waals surface area contributed by atoms with E-state index in [2.05, 4.69) is 34.3 Å². The molecule has 0 bridgehead atoms. The lowest BCUT2D eigenvalue weighted by molar-refractivity contribution is 0.378. The predicted molar refractivity (Wildman–Crippen MR) is 185 cm³/mol. The average Bonchev–Trinajstić information content (AvgIpc) is 2.91. The molecule has 0 aromatic rings. The average molecular weight is 563 g/mol. The fraction of sp³-hybridized carbons (Fsp3) is 0.921. The third-order valence-corrected chi connectivity index (χ3v) is 9.36. The van der Waals surface area contributed by atoms with Crippen molar-refractivity contribution < 1.29 is 0 Å². The molecule has 0 saturated carbocycles. The van der Waals surface area contributed by atoms with Gasteiger partial charge in [-0.15, -0.1) is 6.58 Å². The van der Waals surface area contributed by atoms with Crippen LogP contribution in [0.2, 0.25) is 0 Å². The Bertz CT molecular complexity index is 513. The first-order valence-corrected chi connectivity index (χ1v) is 18.6. The molecule has 0 fully saturated rings. The van der Waals surface area contributed by atoms with Crippen LogP contribution in [0, 0.1) is 11.8 Å². The lowest BCUT2D eigenvalue weighted by Crippen LogP contribution is -2.01. The minimum atomic E-state index is 0.935. The van der Waals surface area contributed by atoms with Crippen LogP contribution in [-0.4, -0.2) is 4.86 Å². The molecule has 0 spiro atoms. The Kier molecular flexibility index (Phi) is 30.6. The molecule has 0 amide bonds. The van der Waals surface area contributed by atoms with Gasteiger partial charge in [-0.1, -0.05) is 186 Å². The number of hydrogen-bond acceptors (Lipinski definition) is 1. The Hall–Kier alpha value is -0.170. The highest BCUT2D eigenvalue weighted by Crippen LogP contribution is 2.23. The third kappa shape index (κ3) is 30.6. The van der Waals surface area contributed by atoms with Gasteiger partial charge >= 0.3 is 0 Å². The van der Waals surface area contributed by atoms with Crippen LogP contribution in [0.4, 0.5) is 0 Å². The van der Waals surface area contributed by atoms with Gasteiger partial charge in [0.1, 0.15) is 0 Å². The van der Waals surface area contributed by atoms with Crippen LogP contribution in [-0.2, 0) is 0 Å². The molecule has 0 aliphatic heterocycles. The monoisotopic (exact) mass is 563 g/mol. The minimum absolute atomic E-state index is 0.935. The quantitative estimate of drug-likeness (QED) is 0.0446. The predicted octanol–water partition coefficient (Wildman–Crippen LogP) is 14.5. The van der Waals surface area contributed by atoms with Gasteiger partial charge in [-0.3, -0.25) is 0 Å². The molecule has 0 nitrogen and oxygen atoms in total. The zero-order valence-electron chi connectivity index (χ0n) is 27.8. The number of unbranched alkanes of at least 4 members (excludes halogenated alkanes) is 16. The maximum Gasteiger partial charge on any atom is -0.00715 e. The summed E-state index contributed by atoms with van der Waals surface area (Å²) in [4.78, 5) is 1.36. The van der Waals surface area contributed by atoms with Crippen LogP contribution in [0.15, 0.2) is 12.2 Å². The van der Waals surface area contributed by atoms with Crippen molar-refractivity contribution in [2.75, 3.05) is 0 Å². The van der Waals surface area contributed by atoms with E-state index >= 15 is 0 Å². The molecule has 0 saturated heterocycles. The summed E-state index contributed by atoms with van der Waals surface area (Å²) in [5.74, 6) is 1.93.